The minimum Gasteiger partial charge on any atom is -0.381 e. The number of hydrogen-bond acceptors (Lipinski definition) is 3. The second kappa shape index (κ2) is 10.00. The lowest BCUT2D eigenvalue weighted by Gasteiger charge is -2.20. The van der Waals surface area contributed by atoms with E-state index in [1.165, 1.54) is 19.4 Å². The highest BCUT2D eigenvalue weighted by atomic mass is 16.5. The van der Waals surface area contributed by atoms with E-state index in [4.69, 9.17) is 10.5 Å². The number of nitrogens with two attached hydrogens (primary N) is 1. The monoisotopic (exact) mass is 284 g/mol. The third-order valence-electron chi connectivity index (χ3n) is 3.60. The average molecular weight is 284 g/mol. The van der Waals surface area contributed by atoms with Gasteiger partial charge in [-0.2, -0.15) is 0 Å². The Kier molecular flexibility index (Phi) is 8.62. The van der Waals surface area contributed by atoms with Gasteiger partial charge in [-0.15, -0.1) is 0 Å². The number of guanidine groups is 1. The summed E-state index contributed by atoms with van der Waals surface area (Å²) in [5.41, 5.74) is 5.88. The first-order chi connectivity index (χ1) is 9.63. The van der Waals surface area contributed by atoms with Crippen molar-refractivity contribution < 1.29 is 4.74 Å². The van der Waals surface area contributed by atoms with E-state index in [1.54, 1.807) is 0 Å². The Morgan fingerprint density at radius 2 is 2.30 bits per heavy atom. The molecule has 0 aromatic rings. The van der Waals surface area contributed by atoms with Crippen molar-refractivity contribution in [2.45, 2.75) is 46.1 Å². The van der Waals surface area contributed by atoms with Gasteiger partial charge in [-0.05, 0) is 38.3 Å². The van der Waals surface area contributed by atoms with Gasteiger partial charge in [-0.3, -0.25) is 9.89 Å². The van der Waals surface area contributed by atoms with Crippen LogP contribution < -0.4 is 11.1 Å². The first-order valence-electron chi connectivity index (χ1n) is 7.99. The molecule has 1 unspecified atom stereocenters. The molecule has 1 aliphatic rings. The molecule has 0 radical (unpaired) electrons. The van der Waals surface area contributed by atoms with Crippen molar-refractivity contribution in [2.24, 2.45) is 16.6 Å². The maximum Gasteiger partial charge on any atom is 0.188 e. The van der Waals surface area contributed by atoms with Crippen molar-refractivity contribution in [1.29, 1.82) is 0 Å². The number of likely N-dealkylation sites (tertiary alicyclic amines) is 1. The molecule has 1 saturated heterocycles. The topological polar surface area (TPSA) is 62.9 Å². The molecule has 1 heterocycles. The Hall–Kier alpha value is -0.810. The third kappa shape index (κ3) is 7.10. The molecular weight excluding hydrogens is 252 g/mol. The van der Waals surface area contributed by atoms with Gasteiger partial charge in [-0.25, -0.2) is 0 Å². The van der Waals surface area contributed by atoms with Crippen molar-refractivity contribution >= 4 is 5.96 Å². The van der Waals surface area contributed by atoms with Crippen LogP contribution in [-0.2, 0) is 4.74 Å². The van der Waals surface area contributed by atoms with Crippen LogP contribution in [0.1, 0.15) is 40.0 Å². The summed E-state index contributed by atoms with van der Waals surface area (Å²) in [7, 11) is 0. The number of hydrogen-bond donors (Lipinski definition) is 2. The van der Waals surface area contributed by atoms with Gasteiger partial charge < -0.3 is 15.8 Å². The maximum absolute atomic E-state index is 5.88. The van der Waals surface area contributed by atoms with Gasteiger partial charge in [0.25, 0.3) is 0 Å². The molecule has 0 aromatic heterocycles. The molecule has 3 N–H and O–H groups in total. The summed E-state index contributed by atoms with van der Waals surface area (Å²) in [6.07, 6.45) is 3.50. The molecule has 0 amide bonds. The largest absolute Gasteiger partial charge is 0.381 e. The van der Waals surface area contributed by atoms with Crippen molar-refractivity contribution in [3.63, 3.8) is 0 Å². The second-order valence-corrected chi connectivity index (χ2v) is 5.90. The zero-order valence-electron chi connectivity index (χ0n) is 13.4. The molecule has 0 aliphatic carbocycles. The number of ether oxygens (including phenoxy) is 1. The van der Waals surface area contributed by atoms with E-state index in [1.807, 2.05) is 0 Å². The molecule has 1 atom stereocenters. The molecular formula is C15H32N4O. The first-order valence-corrected chi connectivity index (χ1v) is 7.99. The summed E-state index contributed by atoms with van der Waals surface area (Å²) in [5.74, 6) is 1.17. The fraction of sp³-hybridized carbons (Fsp3) is 0.933. The molecule has 1 rings (SSSR count). The Bertz CT molecular complexity index is 281. The van der Waals surface area contributed by atoms with E-state index in [9.17, 15) is 0 Å². The highest BCUT2D eigenvalue weighted by Crippen LogP contribution is 2.16. The van der Waals surface area contributed by atoms with Gasteiger partial charge in [0.1, 0.15) is 0 Å². The Balaban J connectivity index is 2.06. The molecule has 5 heteroatoms. The Morgan fingerprint density at radius 3 is 3.00 bits per heavy atom. The molecule has 0 spiro atoms. The molecule has 0 aromatic carbocycles. The van der Waals surface area contributed by atoms with Gasteiger partial charge in [0, 0.05) is 25.8 Å². The van der Waals surface area contributed by atoms with Crippen molar-refractivity contribution in [3.8, 4) is 0 Å². The summed E-state index contributed by atoms with van der Waals surface area (Å²) in [5, 5.41) is 3.16. The van der Waals surface area contributed by atoms with Crippen molar-refractivity contribution in [3.05, 3.63) is 0 Å². The number of nitrogens with one attached hydrogen (secondary N) is 1. The average Bonchev–Trinajstić information content (AvgIpc) is 2.87. The summed E-state index contributed by atoms with van der Waals surface area (Å²) in [4.78, 5) is 6.93. The van der Waals surface area contributed by atoms with Crippen molar-refractivity contribution in [1.82, 2.24) is 10.2 Å². The summed E-state index contributed by atoms with van der Waals surface area (Å²) in [6.45, 7) is 12.1. The van der Waals surface area contributed by atoms with Crippen LogP contribution in [-0.4, -0.2) is 56.3 Å². The quantitative estimate of drug-likeness (QED) is 0.382. The Labute approximate surface area is 124 Å². The van der Waals surface area contributed by atoms with Gasteiger partial charge >= 0.3 is 0 Å². The lowest BCUT2D eigenvalue weighted by molar-refractivity contribution is 0.108. The van der Waals surface area contributed by atoms with Gasteiger partial charge in [0.2, 0.25) is 0 Å². The molecule has 5 nitrogen and oxygen atoms in total. The third-order valence-corrected chi connectivity index (χ3v) is 3.60. The summed E-state index contributed by atoms with van der Waals surface area (Å²) < 4.78 is 5.52. The molecule has 118 valence electrons. The van der Waals surface area contributed by atoms with Crippen LogP contribution in [0.3, 0.4) is 0 Å². The molecule has 20 heavy (non-hydrogen) atoms. The summed E-state index contributed by atoms with van der Waals surface area (Å²) >= 11 is 0. The van der Waals surface area contributed by atoms with Crippen molar-refractivity contribution in [2.75, 3.05) is 39.4 Å². The van der Waals surface area contributed by atoms with Gasteiger partial charge in [0.15, 0.2) is 5.96 Å². The molecule has 1 aliphatic heterocycles. The maximum atomic E-state index is 5.88. The standard InChI is InChI=1S/C15H32N4O/c1-4-19-9-5-7-14(19)11-18-15(16)17-8-6-10-20-12-13(2)3/h13-14H,4-12H2,1-3H3,(H3,16,17,18). The number of rotatable bonds is 9. The predicted molar refractivity (Wildman–Crippen MR) is 85.0 cm³/mol. The van der Waals surface area contributed by atoms with Crippen LogP contribution in [0.25, 0.3) is 0 Å². The highest BCUT2D eigenvalue weighted by Gasteiger charge is 2.22. The van der Waals surface area contributed by atoms with Gasteiger partial charge in [-0.1, -0.05) is 20.8 Å². The summed E-state index contributed by atoms with van der Waals surface area (Å²) in [6, 6.07) is 0.578. The van der Waals surface area contributed by atoms with Crippen LogP contribution >= 0.6 is 0 Å². The Morgan fingerprint density at radius 1 is 1.50 bits per heavy atom. The highest BCUT2D eigenvalue weighted by molar-refractivity contribution is 5.77. The lowest BCUT2D eigenvalue weighted by atomic mass is 10.2. The van der Waals surface area contributed by atoms with E-state index >= 15 is 0 Å². The minimum absolute atomic E-state index is 0.566. The zero-order chi connectivity index (χ0) is 14.8. The van der Waals surface area contributed by atoms with E-state index in [-0.39, 0.29) is 0 Å². The lowest BCUT2D eigenvalue weighted by Crippen LogP contribution is -2.36. The van der Waals surface area contributed by atoms with Crippen LogP contribution in [0, 0.1) is 5.92 Å². The van der Waals surface area contributed by atoms with Crippen LogP contribution in [0.15, 0.2) is 4.99 Å². The van der Waals surface area contributed by atoms with E-state index in [2.05, 4.69) is 36.0 Å². The molecule has 0 saturated carbocycles. The predicted octanol–water partition coefficient (Wildman–Crippen LogP) is 1.44. The van der Waals surface area contributed by atoms with E-state index in [0.29, 0.717) is 17.9 Å². The fourth-order valence-corrected chi connectivity index (χ4v) is 2.49. The smallest absolute Gasteiger partial charge is 0.188 e. The molecule has 0 bridgehead atoms. The fourth-order valence-electron chi connectivity index (χ4n) is 2.49. The van der Waals surface area contributed by atoms with Crippen LogP contribution in [0.4, 0.5) is 0 Å². The minimum atomic E-state index is 0.566. The van der Waals surface area contributed by atoms with Crippen LogP contribution in [0.5, 0.6) is 0 Å². The number of likely N-dealkylation sites (N-methyl/N-ethyl adjacent to an activating group) is 1. The van der Waals surface area contributed by atoms with E-state index < -0.39 is 0 Å². The SMILES string of the molecule is CCN1CCCC1CN=C(N)NCCCOCC(C)C. The van der Waals surface area contributed by atoms with Crippen LogP contribution in [0.2, 0.25) is 0 Å². The number of nitrogens with zero attached hydrogens (tertiary/aromatic N) is 2. The normalized spacial score (nSPS) is 20.8. The van der Waals surface area contributed by atoms with Gasteiger partial charge in [0.05, 0.1) is 6.54 Å². The van der Waals surface area contributed by atoms with E-state index in [0.717, 1.165) is 39.3 Å². The second-order valence-electron chi connectivity index (χ2n) is 5.90. The zero-order valence-corrected chi connectivity index (χ0v) is 13.4. The number of aliphatic imine (C=N–C) groups is 1. The molecule has 1 fully saturated rings. The first kappa shape index (κ1) is 17.2.